The van der Waals surface area contributed by atoms with Gasteiger partial charge in [0.1, 0.15) is 5.02 Å². The van der Waals surface area contributed by atoms with Crippen molar-refractivity contribution in [2.45, 2.75) is 13.0 Å². The maximum Gasteiger partial charge on any atom is 0.292 e. The van der Waals surface area contributed by atoms with Crippen molar-refractivity contribution < 1.29 is 9.47 Å². The van der Waals surface area contributed by atoms with E-state index < -0.39 is 0 Å². The highest BCUT2D eigenvalue weighted by Crippen LogP contribution is 2.30. The van der Waals surface area contributed by atoms with Gasteiger partial charge in [-0.15, -0.1) is 0 Å². The fourth-order valence-electron chi connectivity index (χ4n) is 2.82. The fraction of sp³-hybridized carbons (Fsp3) is 0.200. The van der Waals surface area contributed by atoms with Gasteiger partial charge in [0, 0.05) is 13.0 Å². The fourth-order valence-corrected chi connectivity index (χ4v) is 3.02. The summed E-state index contributed by atoms with van der Waals surface area (Å²) in [5, 5.41) is 7.48. The van der Waals surface area contributed by atoms with E-state index in [9.17, 15) is 4.79 Å². The van der Waals surface area contributed by atoms with Gasteiger partial charge in [0.15, 0.2) is 11.5 Å². The third kappa shape index (κ3) is 3.75. The Morgan fingerprint density at radius 3 is 2.67 bits per heavy atom. The Balaban J connectivity index is 1.53. The van der Waals surface area contributed by atoms with Crippen LogP contribution in [0, 0.1) is 0 Å². The molecule has 0 unspecified atom stereocenters. The van der Waals surface area contributed by atoms with Crippen LogP contribution in [0.2, 0.25) is 5.02 Å². The molecule has 2 heterocycles. The number of hydrogen-bond donors (Lipinski definition) is 1. The lowest BCUT2D eigenvalue weighted by Crippen LogP contribution is -2.22. The molecule has 1 N–H and O–H groups in total. The van der Waals surface area contributed by atoms with E-state index in [2.05, 4.69) is 10.4 Å². The molecular formula is C20H18ClN3O3. The molecule has 27 heavy (non-hydrogen) atoms. The second-order valence-electron chi connectivity index (χ2n) is 6.11. The standard InChI is InChI=1S/C20H18ClN3O3/c21-19-16(13-23-24(20(19)25)15-5-2-1-3-6-15)22-12-14-7-8-17-18(11-14)27-10-4-9-26-17/h1-3,5-8,11,13,22H,4,9-10,12H2. The van der Waals surface area contributed by atoms with Crippen LogP contribution in [-0.4, -0.2) is 23.0 Å². The minimum Gasteiger partial charge on any atom is -0.490 e. The van der Waals surface area contributed by atoms with Gasteiger partial charge in [-0.05, 0) is 29.8 Å². The molecule has 0 aliphatic carbocycles. The Kier molecular flexibility index (Phi) is 4.98. The molecule has 6 nitrogen and oxygen atoms in total. The van der Waals surface area contributed by atoms with Crippen LogP contribution < -0.4 is 20.3 Å². The topological polar surface area (TPSA) is 65.4 Å². The van der Waals surface area contributed by atoms with Crippen LogP contribution >= 0.6 is 11.6 Å². The van der Waals surface area contributed by atoms with Crippen LogP contribution in [0.5, 0.6) is 11.5 Å². The number of benzene rings is 2. The van der Waals surface area contributed by atoms with Crippen LogP contribution in [0.1, 0.15) is 12.0 Å². The Morgan fingerprint density at radius 1 is 1.07 bits per heavy atom. The number of nitrogens with one attached hydrogen (secondary N) is 1. The zero-order valence-electron chi connectivity index (χ0n) is 14.5. The number of anilines is 1. The summed E-state index contributed by atoms with van der Waals surface area (Å²) in [7, 11) is 0. The summed E-state index contributed by atoms with van der Waals surface area (Å²) in [5.41, 5.74) is 1.77. The third-order valence-electron chi connectivity index (χ3n) is 4.21. The molecule has 138 valence electrons. The number of para-hydroxylation sites is 1. The first-order chi connectivity index (χ1) is 13.2. The SMILES string of the molecule is O=c1c(Cl)c(NCc2ccc3c(c2)OCCCO3)cnn1-c1ccccc1. The van der Waals surface area contributed by atoms with E-state index in [-0.39, 0.29) is 10.6 Å². The molecule has 0 bridgehead atoms. The average Bonchev–Trinajstić information content (AvgIpc) is 2.95. The number of nitrogens with zero attached hydrogens (tertiary/aromatic N) is 2. The van der Waals surface area contributed by atoms with Crippen LogP contribution in [-0.2, 0) is 6.54 Å². The van der Waals surface area contributed by atoms with E-state index in [1.165, 1.54) is 4.68 Å². The molecule has 7 heteroatoms. The lowest BCUT2D eigenvalue weighted by Gasteiger charge is -2.12. The molecule has 0 fully saturated rings. The normalized spacial score (nSPS) is 13.1. The van der Waals surface area contributed by atoms with Gasteiger partial charge in [-0.2, -0.15) is 9.78 Å². The van der Waals surface area contributed by atoms with E-state index in [4.69, 9.17) is 21.1 Å². The predicted octanol–water partition coefficient (Wildman–Crippen LogP) is 3.66. The Bertz CT molecular complexity index is 1010. The van der Waals surface area contributed by atoms with Gasteiger partial charge in [-0.3, -0.25) is 4.79 Å². The second kappa shape index (κ2) is 7.72. The summed E-state index contributed by atoms with van der Waals surface area (Å²) >= 11 is 6.27. The molecule has 0 spiro atoms. The molecule has 0 saturated heterocycles. The lowest BCUT2D eigenvalue weighted by atomic mass is 10.2. The molecule has 3 aromatic rings. The van der Waals surface area contributed by atoms with E-state index in [1.54, 1.807) is 18.3 Å². The zero-order chi connectivity index (χ0) is 18.6. The smallest absolute Gasteiger partial charge is 0.292 e. The quantitative estimate of drug-likeness (QED) is 0.744. The summed E-state index contributed by atoms with van der Waals surface area (Å²) in [6.07, 6.45) is 2.42. The van der Waals surface area contributed by atoms with E-state index in [0.717, 1.165) is 23.5 Å². The summed E-state index contributed by atoms with van der Waals surface area (Å²) in [4.78, 5) is 12.5. The largest absolute Gasteiger partial charge is 0.490 e. The van der Waals surface area contributed by atoms with Crippen molar-refractivity contribution in [2.75, 3.05) is 18.5 Å². The molecule has 1 aliphatic heterocycles. The number of aromatic nitrogens is 2. The van der Waals surface area contributed by atoms with Crippen molar-refractivity contribution in [3.8, 4) is 17.2 Å². The van der Waals surface area contributed by atoms with E-state index in [0.29, 0.717) is 31.1 Å². The molecule has 0 saturated carbocycles. The van der Waals surface area contributed by atoms with Crippen LogP contribution in [0.15, 0.2) is 59.5 Å². The first-order valence-corrected chi connectivity index (χ1v) is 9.06. The molecule has 0 atom stereocenters. The molecule has 1 aliphatic rings. The van der Waals surface area contributed by atoms with Gasteiger partial charge in [0.25, 0.3) is 5.56 Å². The maximum absolute atomic E-state index is 12.5. The molecular weight excluding hydrogens is 366 g/mol. The van der Waals surface area contributed by atoms with Crippen LogP contribution in [0.25, 0.3) is 5.69 Å². The molecule has 4 rings (SSSR count). The summed E-state index contributed by atoms with van der Waals surface area (Å²) in [5.74, 6) is 1.48. The van der Waals surface area contributed by atoms with Crippen molar-refractivity contribution in [3.05, 3.63) is 75.7 Å². The molecule has 0 amide bonds. The van der Waals surface area contributed by atoms with Crippen molar-refractivity contribution >= 4 is 17.3 Å². The highest BCUT2D eigenvalue weighted by Gasteiger charge is 2.13. The van der Waals surface area contributed by atoms with Gasteiger partial charge in [-0.1, -0.05) is 35.9 Å². The summed E-state index contributed by atoms with van der Waals surface area (Å²) < 4.78 is 12.6. The Morgan fingerprint density at radius 2 is 1.85 bits per heavy atom. The number of rotatable bonds is 4. The average molecular weight is 384 g/mol. The van der Waals surface area contributed by atoms with Crippen molar-refractivity contribution in [1.82, 2.24) is 9.78 Å². The van der Waals surface area contributed by atoms with Gasteiger partial charge < -0.3 is 14.8 Å². The Hall–Kier alpha value is -2.99. The summed E-state index contributed by atoms with van der Waals surface area (Å²) in [6, 6.07) is 14.9. The number of halogens is 1. The monoisotopic (exact) mass is 383 g/mol. The van der Waals surface area contributed by atoms with Gasteiger partial charge in [0.2, 0.25) is 0 Å². The van der Waals surface area contributed by atoms with E-state index in [1.807, 2.05) is 36.4 Å². The highest BCUT2D eigenvalue weighted by atomic mass is 35.5. The first kappa shape index (κ1) is 17.4. The first-order valence-electron chi connectivity index (χ1n) is 8.68. The van der Waals surface area contributed by atoms with E-state index >= 15 is 0 Å². The number of ether oxygens (including phenoxy) is 2. The van der Waals surface area contributed by atoms with Crippen molar-refractivity contribution in [2.24, 2.45) is 0 Å². The maximum atomic E-state index is 12.5. The lowest BCUT2D eigenvalue weighted by molar-refractivity contribution is 0.297. The highest BCUT2D eigenvalue weighted by molar-refractivity contribution is 6.32. The predicted molar refractivity (Wildman–Crippen MR) is 104 cm³/mol. The Labute approximate surface area is 161 Å². The zero-order valence-corrected chi connectivity index (χ0v) is 15.3. The molecule has 2 aromatic carbocycles. The van der Waals surface area contributed by atoms with Crippen molar-refractivity contribution in [3.63, 3.8) is 0 Å². The van der Waals surface area contributed by atoms with Crippen LogP contribution in [0.3, 0.4) is 0 Å². The van der Waals surface area contributed by atoms with Gasteiger partial charge >= 0.3 is 0 Å². The number of hydrogen-bond acceptors (Lipinski definition) is 5. The molecule has 1 aromatic heterocycles. The molecule has 0 radical (unpaired) electrons. The minimum absolute atomic E-state index is 0.100. The number of fused-ring (bicyclic) bond motifs is 1. The second-order valence-corrected chi connectivity index (χ2v) is 6.49. The van der Waals surface area contributed by atoms with Gasteiger partial charge in [0.05, 0.1) is 30.8 Å². The van der Waals surface area contributed by atoms with Crippen molar-refractivity contribution in [1.29, 1.82) is 0 Å². The minimum atomic E-state index is -0.369. The summed E-state index contributed by atoms with van der Waals surface area (Å²) in [6.45, 7) is 1.77. The van der Waals surface area contributed by atoms with Gasteiger partial charge in [-0.25, -0.2) is 0 Å². The third-order valence-corrected chi connectivity index (χ3v) is 4.58. The van der Waals surface area contributed by atoms with Crippen LogP contribution in [0.4, 0.5) is 5.69 Å².